The molecule has 3 fully saturated rings. The van der Waals surface area contributed by atoms with Gasteiger partial charge in [0.05, 0.1) is 30.6 Å². The van der Waals surface area contributed by atoms with Crippen molar-refractivity contribution in [3.05, 3.63) is 0 Å². The Hall–Kier alpha value is -1.63. The Bertz CT molecular complexity index is 501. The fourth-order valence-electron chi connectivity index (χ4n) is 3.94. The van der Waals surface area contributed by atoms with E-state index in [0.29, 0.717) is 25.9 Å². The molecule has 3 rings (SSSR count). The minimum atomic E-state index is -0.791. The standard InChI is InChI=1S/C16H24N2O5/c1-17(15(20)12-8-11-2-3-13(12)23-11)9-14(19)18-6-4-10(5-7-18)16(21)22/h10-13H,2-9H2,1H3,(H,21,22). The van der Waals surface area contributed by atoms with Crippen LogP contribution < -0.4 is 0 Å². The SMILES string of the molecule is CN(CC(=O)N1CCC(C(=O)O)CC1)C(=O)C1CC2CCC1O2. The number of likely N-dealkylation sites (N-methyl/N-ethyl adjacent to an activating group) is 1. The van der Waals surface area contributed by atoms with Gasteiger partial charge in [-0.3, -0.25) is 14.4 Å². The van der Waals surface area contributed by atoms with Crippen LogP contribution in [0.3, 0.4) is 0 Å². The summed E-state index contributed by atoms with van der Waals surface area (Å²) in [6.07, 6.45) is 3.95. The van der Waals surface area contributed by atoms with E-state index in [-0.39, 0.29) is 42.4 Å². The summed E-state index contributed by atoms with van der Waals surface area (Å²) in [5, 5.41) is 8.99. The zero-order chi connectivity index (χ0) is 16.6. The average Bonchev–Trinajstić information content (AvgIpc) is 3.17. The molecule has 0 radical (unpaired) electrons. The van der Waals surface area contributed by atoms with E-state index in [1.807, 2.05) is 0 Å². The Balaban J connectivity index is 1.48. The highest BCUT2D eigenvalue weighted by Gasteiger charge is 2.45. The number of carbonyl (C=O) groups excluding carboxylic acids is 2. The van der Waals surface area contributed by atoms with Gasteiger partial charge in [0.1, 0.15) is 0 Å². The zero-order valence-electron chi connectivity index (χ0n) is 13.4. The summed E-state index contributed by atoms with van der Waals surface area (Å²) in [6, 6.07) is 0. The predicted molar refractivity (Wildman–Crippen MR) is 80.6 cm³/mol. The summed E-state index contributed by atoms with van der Waals surface area (Å²) in [5.41, 5.74) is 0. The second-order valence-electron chi connectivity index (χ2n) is 6.90. The number of ether oxygens (including phenoxy) is 1. The first-order valence-corrected chi connectivity index (χ1v) is 8.36. The normalized spacial score (nSPS) is 30.5. The molecule has 2 bridgehead atoms. The van der Waals surface area contributed by atoms with Crippen molar-refractivity contribution >= 4 is 17.8 Å². The fourth-order valence-corrected chi connectivity index (χ4v) is 3.94. The van der Waals surface area contributed by atoms with Crippen molar-refractivity contribution in [1.82, 2.24) is 9.80 Å². The Kier molecular flexibility index (Phi) is 4.57. The Morgan fingerprint density at radius 1 is 1.17 bits per heavy atom. The van der Waals surface area contributed by atoms with Crippen LogP contribution in [0, 0.1) is 11.8 Å². The van der Waals surface area contributed by atoms with E-state index < -0.39 is 5.97 Å². The predicted octanol–water partition coefficient (Wildman–Crippen LogP) is 0.336. The molecule has 7 heteroatoms. The number of carbonyl (C=O) groups is 3. The van der Waals surface area contributed by atoms with Crippen LogP contribution in [0.25, 0.3) is 0 Å². The molecule has 3 aliphatic rings. The molecule has 0 aliphatic carbocycles. The van der Waals surface area contributed by atoms with Gasteiger partial charge in [0.15, 0.2) is 0 Å². The summed E-state index contributed by atoms with van der Waals surface area (Å²) < 4.78 is 5.71. The molecule has 0 aromatic carbocycles. The van der Waals surface area contributed by atoms with Gasteiger partial charge in [-0.05, 0) is 32.1 Å². The molecule has 2 amide bonds. The van der Waals surface area contributed by atoms with Gasteiger partial charge in [0.2, 0.25) is 11.8 Å². The molecule has 0 aromatic heterocycles. The maximum atomic E-state index is 12.5. The third-order valence-corrected chi connectivity index (χ3v) is 5.37. The highest BCUT2D eigenvalue weighted by atomic mass is 16.5. The molecule has 3 heterocycles. The number of carboxylic acids is 1. The molecular weight excluding hydrogens is 300 g/mol. The second kappa shape index (κ2) is 6.47. The van der Waals surface area contributed by atoms with Crippen LogP contribution in [0.4, 0.5) is 0 Å². The lowest BCUT2D eigenvalue weighted by molar-refractivity contribution is -0.147. The van der Waals surface area contributed by atoms with E-state index >= 15 is 0 Å². The third-order valence-electron chi connectivity index (χ3n) is 5.37. The van der Waals surface area contributed by atoms with Crippen LogP contribution in [0.15, 0.2) is 0 Å². The molecule has 3 saturated heterocycles. The van der Waals surface area contributed by atoms with Gasteiger partial charge in [0.25, 0.3) is 0 Å². The smallest absolute Gasteiger partial charge is 0.306 e. The van der Waals surface area contributed by atoms with Crippen molar-refractivity contribution in [2.75, 3.05) is 26.7 Å². The highest BCUT2D eigenvalue weighted by Crippen LogP contribution is 2.39. The lowest BCUT2D eigenvalue weighted by atomic mass is 9.88. The number of carboxylic acid groups (broad SMARTS) is 1. The maximum Gasteiger partial charge on any atom is 0.306 e. The van der Waals surface area contributed by atoms with Gasteiger partial charge in [-0.25, -0.2) is 0 Å². The summed E-state index contributed by atoms with van der Waals surface area (Å²) in [6.45, 7) is 0.967. The van der Waals surface area contributed by atoms with Crippen LogP contribution >= 0.6 is 0 Å². The Morgan fingerprint density at radius 2 is 1.87 bits per heavy atom. The minimum Gasteiger partial charge on any atom is -0.481 e. The van der Waals surface area contributed by atoms with Crippen molar-refractivity contribution in [2.24, 2.45) is 11.8 Å². The monoisotopic (exact) mass is 324 g/mol. The van der Waals surface area contributed by atoms with Crippen molar-refractivity contribution in [1.29, 1.82) is 0 Å². The van der Waals surface area contributed by atoms with Gasteiger partial charge in [0, 0.05) is 20.1 Å². The highest BCUT2D eigenvalue weighted by molar-refractivity contribution is 5.86. The van der Waals surface area contributed by atoms with Crippen molar-refractivity contribution in [3.63, 3.8) is 0 Å². The van der Waals surface area contributed by atoms with Crippen LogP contribution in [-0.4, -0.2) is 71.6 Å². The average molecular weight is 324 g/mol. The summed E-state index contributed by atoms with van der Waals surface area (Å²) >= 11 is 0. The first-order valence-electron chi connectivity index (χ1n) is 8.36. The van der Waals surface area contributed by atoms with E-state index in [1.165, 1.54) is 4.90 Å². The first kappa shape index (κ1) is 16.2. The molecule has 1 N–H and O–H groups in total. The first-order chi connectivity index (χ1) is 11.0. The van der Waals surface area contributed by atoms with E-state index in [9.17, 15) is 14.4 Å². The molecule has 7 nitrogen and oxygen atoms in total. The number of nitrogens with zero attached hydrogens (tertiary/aromatic N) is 2. The van der Waals surface area contributed by atoms with Crippen molar-refractivity contribution < 1.29 is 24.2 Å². The molecule has 3 unspecified atom stereocenters. The van der Waals surface area contributed by atoms with Crippen LogP contribution in [0.5, 0.6) is 0 Å². The molecular formula is C16H24N2O5. The van der Waals surface area contributed by atoms with Crippen LogP contribution in [0.2, 0.25) is 0 Å². The number of fused-ring (bicyclic) bond motifs is 2. The molecule has 0 saturated carbocycles. The van der Waals surface area contributed by atoms with Gasteiger partial charge in [-0.1, -0.05) is 0 Å². The molecule has 3 atom stereocenters. The molecule has 0 aromatic rings. The van der Waals surface area contributed by atoms with E-state index in [0.717, 1.165) is 19.3 Å². The van der Waals surface area contributed by atoms with E-state index in [2.05, 4.69) is 0 Å². The second-order valence-corrected chi connectivity index (χ2v) is 6.90. The van der Waals surface area contributed by atoms with Crippen LogP contribution in [-0.2, 0) is 19.1 Å². The number of hydrogen-bond acceptors (Lipinski definition) is 4. The largest absolute Gasteiger partial charge is 0.481 e. The van der Waals surface area contributed by atoms with Crippen molar-refractivity contribution in [3.8, 4) is 0 Å². The summed E-state index contributed by atoms with van der Waals surface area (Å²) in [4.78, 5) is 38.9. The third kappa shape index (κ3) is 3.34. The van der Waals surface area contributed by atoms with E-state index in [1.54, 1.807) is 11.9 Å². The number of rotatable bonds is 4. The Labute approximate surface area is 135 Å². The summed E-state index contributed by atoms with van der Waals surface area (Å²) in [5.74, 6) is -1.37. The number of likely N-dealkylation sites (tertiary alicyclic amines) is 1. The quantitative estimate of drug-likeness (QED) is 0.805. The molecule has 0 spiro atoms. The topological polar surface area (TPSA) is 87.2 Å². The number of aliphatic carboxylic acids is 1. The van der Waals surface area contributed by atoms with Gasteiger partial charge >= 0.3 is 5.97 Å². The lowest BCUT2D eigenvalue weighted by Crippen LogP contribution is -2.47. The molecule has 128 valence electrons. The molecule has 23 heavy (non-hydrogen) atoms. The zero-order valence-corrected chi connectivity index (χ0v) is 13.4. The maximum absolute atomic E-state index is 12.5. The number of piperidine rings is 1. The van der Waals surface area contributed by atoms with Gasteiger partial charge < -0.3 is 19.6 Å². The number of amides is 2. The van der Waals surface area contributed by atoms with Crippen LogP contribution in [0.1, 0.15) is 32.1 Å². The van der Waals surface area contributed by atoms with Crippen molar-refractivity contribution in [2.45, 2.75) is 44.3 Å². The van der Waals surface area contributed by atoms with Gasteiger partial charge in [-0.2, -0.15) is 0 Å². The summed E-state index contributed by atoms with van der Waals surface area (Å²) in [7, 11) is 1.66. The lowest BCUT2D eigenvalue weighted by Gasteiger charge is -2.32. The molecule has 3 aliphatic heterocycles. The fraction of sp³-hybridized carbons (Fsp3) is 0.812. The van der Waals surface area contributed by atoms with Gasteiger partial charge in [-0.15, -0.1) is 0 Å². The van der Waals surface area contributed by atoms with E-state index in [4.69, 9.17) is 9.84 Å². The number of hydrogen-bond donors (Lipinski definition) is 1. The Morgan fingerprint density at radius 3 is 2.39 bits per heavy atom. The minimum absolute atomic E-state index is 0.00836.